The van der Waals surface area contributed by atoms with Crippen LogP contribution in [0.2, 0.25) is 0 Å². The molecule has 2 N–H and O–H groups in total. The van der Waals surface area contributed by atoms with E-state index in [1.165, 1.54) is 14.2 Å². The number of methoxy groups -OCH3 is 1. The number of amides is 1. The second-order valence-corrected chi connectivity index (χ2v) is 6.33. The fourth-order valence-electron chi connectivity index (χ4n) is 3.14. The van der Waals surface area contributed by atoms with Crippen molar-refractivity contribution in [3.8, 4) is 5.75 Å². The predicted octanol–water partition coefficient (Wildman–Crippen LogP) is 2.92. The molecule has 1 aliphatic heterocycles. The summed E-state index contributed by atoms with van der Waals surface area (Å²) in [5, 5.41) is 2.62. The van der Waals surface area contributed by atoms with Crippen LogP contribution in [-0.2, 0) is 16.2 Å². The Morgan fingerprint density at radius 2 is 1.86 bits per heavy atom. The van der Waals surface area contributed by atoms with Gasteiger partial charge in [0.25, 0.3) is 0 Å². The lowest BCUT2D eigenvalue weighted by molar-refractivity contribution is 0.131. The fourth-order valence-corrected chi connectivity index (χ4v) is 3.14. The van der Waals surface area contributed by atoms with Gasteiger partial charge in [0.1, 0.15) is 35.9 Å². The maximum atomic E-state index is 14.6. The van der Waals surface area contributed by atoms with Crippen molar-refractivity contribution in [1.82, 2.24) is 10.8 Å². The highest BCUT2D eigenvalue weighted by atomic mass is 19.1. The van der Waals surface area contributed by atoms with Crippen molar-refractivity contribution in [3.05, 3.63) is 65.2 Å². The molecule has 0 saturated carbocycles. The Labute approximate surface area is 166 Å². The molecule has 0 aromatic heterocycles. The lowest BCUT2D eigenvalue weighted by Crippen LogP contribution is -2.47. The average molecular weight is 405 g/mol. The maximum absolute atomic E-state index is 14.6. The molecule has 0 radical (unpaired) electrons. The summed E-state index contributed by atoms with van der Waals surface area (Å²) >= 11 is 0. The van der Waals surface area contributed by atoms with E-state index in [1.54, 1.807) is 0 Å². The number of ether oxygens (including phenoxy) is 2. The second kappa shape index (κ2) is 9.33. The van der Waals surface area contributed by atoms with Crippen LogP contribution in [0.1, 0.15) is 17.0 Å². The van der Waals surface area contributed by atoms with E-state index >= 15 is 0 Å². The number of alkyl carbamates (subject to hydrolysis) is 1. The second-order valence-electron chi connectivity index (χ2n) is 6.33. The molecule has 2 aromatic carbocycles. The van der Waals surface area contributed by atoms with Crippen molar-refractivity contribution < 1.29 is 27.9 Å². The van der Waals surface area contributed by atoms with E-state index in [0.717, 1.165) is 17.7 Å². The van der Waals surface area contributed by atoms with Gasteiger partial charge < -0.3 is 14.8 Å². The van der Waals surface area contributed by atoms with Crippen LogP contribution in [-0.4, -0.2) is 38.7 Å². The quantitative estimate of drug-likeness (QED) is 0.723. The molecule has 0 unspecified atom stereocenters. The third kappa shape index (κ3) is 4.80. The van der Waals surface area contributed by atoms with E-state index in [0.29, 0.717) is 0 Å². The van der Waals surface area contributed by atoms with E-state index in [-0.39, 0.29) is 30.3 Å². The number of hydrogen-bond acceptors (Lipinski definition) is 6. The van der Waals surface area contributed by atoms with Crippen LogP contribution in [0.4, 0.5) is 13.6 Å². The molecular formula is C20H21F2N3O4. The van der Waals surface area contributed by atoms with E-state index in [4.69, 9.17) is 14.3 Å². The van der Waals surface area contributed by atoms with E-state index in [9.17, 15) is 13.6 Å². The molecule has 7 nitrogen and oxygen atoms in total. The Morgan fingerprint density at radius 3 is 2.48 bits per heavy atom. The van der Waals surface area contributed by atoms with Crippen LogP contribution in [0.15, 0.2) is 47.5 Å². The zero-order valence-electron chi connectivity index (χ0n) is 15.9. The number of halogens is 2. The number of amidine groups is 1. The van der Waals surface area contributed by atoms with Gasteiger partial charge in [0.15, 0.2) is 0 Å². The minimum Gasteiger partial charge on any atom is -0.497 e. The van der Waals surface area contributed by atoms with Crippen LogP contribution in [0.5, 0.6) is 5.75 Å². The molecule has 0 saturated heterocycles. The summed E-state index contributed by atoms with van der Waals surface area (Å²) in [6.07, 6.45) is -0.745. The maximum Gasteiger partial charge on any atom is 0.408 e. The number of benzene rings is 2. The molecular weight excluding hydrogens is 384 g/mol. The number of hydroxylamine groups is 1. The molecule has 1 aliphatic rings. The van der Waals surface area contributed by atoms with Crippen molar-refractivity contribution >= 4 is 11.9 Å². The van der Waals surface area contributed by atoms with Crippen molar-refractivity contribution in [3.63, 3.8) is 0 Å². The molecule has 0 aliphatic carbocycles. The Hall–Kier alpha value is -3.20. The van der Waals surface area contributed by atoms with E-state index in [1.807, 2.05) is 30.3 Å². The summed E-state index contributed by atoms with van der Waals surface area (Å²) in [5.41, 5.74) is 3.15. The zero-order chi connectivity index (χ0) is 20.8. The SMILES string of the molecule is CONC1=NC[C@@H](c2c(F)cc(OC)cc2F)[C@@H]1NC(=O)OCc1ccccc1. The highest BCUT2D eigenvalue weighted by Crippen LogP contribution is 2.32. The van der Waals surface area contributed by atoms with Gasteiger partial charge in [-0.05, 0) is 5.56 Å². The molecule has 1 heterocycles. The van der Waals surface area contributed by atoms with E-state index in [2.05, 4.69) is 15.8 Å². The number of nitrogens with one attached hydrogen (secondary N) is 2. The van der Waals surface area contributed by atoms with Crippen LogP contribution in [0, 0.1) is 11.6 Å². The number of carbonyl (C=O) groups excluding carboxylic acids is 1. The van der Waals surface area contributed by atoms with Gasteiger partial charge in [-0.3, -0.25) is 15.3 Å². The first kappa shape index (κ1) is 20.5. The molecule has 2 aromatic rings. The van der Waals surface area contributed by atoms with Crippen molar-refractivity contribution in [2.75, 3.05) is 20.8 Å². The summed E-state index contributed by atoms with van der Waals surface area (Å²) in [4.78, 5) is 21.4. The first-order valence-electron chi connectivity index (χ1n) is 8.87. The molecule has 29 heavy (non-hydrogen) atoms. The molecule has 0 fully saturated rings. The van der Waals surface area contributed by atoms with Crippen molar-refractivity contribution in [1.29, 1.82) is 0 Å². The van der Waals surface area contributed by atoms with Gasteiger partial charge in [-0.2, -0.15) is 0 Å². The molecule has 2 atom stereocenters. The molecule has 3 rings (SSSR count). The Balaban J connectivity index is 1.77. The molecule has 9 heteroatoms. The molecule has 1 amide bonds. The predicted molar refractivity (Wildman–Crippen MR) is 102 cm³/mol. The Bertz CT molecular complexity index is 870. The first-order chi connectivity index (χ1) is 14.0. The normalized spacial score (nSPS) is 18.1. The number of aliphatic imine (C=N–C) groups is 1. The summed E-state index contributed by atoms with van der Waals surface area (Å²) in [6.45, 7) is 0.106. The van der Waals surface area contributed by atoms with Crippen LogP contribution in [0.3, 0.4) is 0 Å². The van der Waals surface area contributed by atoms with Gasteiger partial charge in [-0.15, -0.1) is 0 Å². The standard InChI is InChI=1S/C20H21F2N3O4/c1-27-13-8-15(21)17(16(22)9-13)14-10-23-19(25-28-2)18(14)24-20(26)29-11-12-6-4-3-5-7-12/h3-9,14,18H,10-11H2,1-2H3,(H,23,25)(H,24,26)/t14-,18-/m0/s1. The van der Waals surface area contributed by atoms with Crippen LogP contribution < -0.4 is 15.5 Å². The third-order valence-corrected chi connectivity index (χ3v) is 4.51. The summed E-state index contributed by atoms with van der Waals surface area (Å²) < 4.78 is 39.3. The van der Waals surface area contributed by atoms with Gasteiger partial charge in [0, 0.05) is 23.6 Å². The van der Waals surface area contributed by atoms with Crippen molar-refractivity contribution in [2.24, 2.45) is 4.99 Å². The largest absolute Gasteiger partial charge is 0.497 e. The number of rotatable bonds is 6. The number of carbonyl (C=O) groups is 1. The average Bonchev–Trinajstić information content (AvgIpc) is 3.09. The van der Waals surface area contributed by atoms with Crippen LogP contribution in [0.25, 0.3) is 0 Å². The minimum absolute atomic E-state index is 0.0511. The smallest absolute Gasteiger partial charge is 0.408 e. The Morgan fingerprint density at radius 1 is 1.17 bits per heavy atom. The minimum atomic E-state index is -0.865. The molecule has 0 bridgehead atoms. The summed E-state index contributed by atoms with van der Waals surface area (Å²) in [7, 11) is 2.69. The Kier molecular flexibility index (Phi) is 6.61. The van der Waals surface area contributed by atoms with Gasteiger partial charge in [0.2, 0.25) is 0 Å². The molecule has 154 valence electrons. The van der Waals surface area contributed by atoms with E-state index < -0.39 is 29.7 Å². The summed E-state index contributed by atoms with van der Waals surface area (Å²) in [6, 6.07) is 10.4. The van der Waals surface area contributed by atoms with Gasteiger partial charge in [-0.25, -0.2) is 13.6 Å². The van der Waals surface area contributed by atoms with Crippen LogP contribution >= 0.6 is 0 Å². The fraction of sp³-hybridized carbons (Fsp3) is 0.300. The number of hydrogen-bond donors (Lipinski definition) is 2. The zero-order valence-corrected chi connectivity index (χ0v) is 15.9. The van der Waals surface area contributed by atoms with Gasteiger partial charge in [-0.1, -0.05) is 30.3 Å². The monoisotopic (exact) mass is 405 g/mol. The highest BCUT2D eigenvalue weighted by Gasteiger charge is 2.38. The molecule has 0 spiro atoms. The topological polar surface area (TPSA) is 81.2 Å². The van der Waals surface area contributed by atoms with Crippen molar-refractivity contribution in [2.45, 2.75) is 18.6 Å². The lowest BCUT2D eigenvalue weighted by atomic mass is 9.92. The lowest BCUT2D eigenvalue weighted by Gasteiger charge is -2.23. The third-order valence-electron chi connectivity index (χ3n) is 4.51. The highest BCUT2D eigenvalue weighted by molar-refractivity contribution is 5.92. The van der Waals surface area contributed by atoms with Gasteiger partial charge in [0.05, 0.1) is 20.8 Å². The number of nitrogens with zero attached hydrogens (tertiary/aromatic N) is 1. The first-order valence-corrected chi connectivity index (χ1v) is 8.87. The summed E-state index contributed by atoms with van der Waals surface area (Å²) in [5.74, 6) is -2.06. The van der Waals surface area contributed by atoms with Gasteiger partial charge >= 0.3 is 6.09 Å².